The van der Waals surface area contributed by atoms with Crippen molar-refractivity contribution in [1.82, 2.24) is 4.98 Å². The summed E-state index contributed by atoms with van der Waals surface area (Å²) in [5, 5.41) is 0. The average Bonchev–Trinajstić information content (AvgIpc) is 2.75. The fourth-order valence-corrected chi connectivity index (χ4v) is 2.60. The van der Waals surface area contributed by atoms with Crippen LogP contribution < -0.4 is 0 Å². The van der Waals surface area contributed by atoms with Gasteiger partial charge < -0.3 is 4.98 Å². The highest BCUT2D eigenvalue weighted by Gasteiger charge is 2.27. The van der Waals surface area contributed by atoms with E-state index in [1.165, 1.54) is 23.4 Å². The van der Waals surface area contributed by atoms with Crippen molar-refractivity contribution in [3.8, 4) is 0 Å². The molecule has 1 aromatic rings. The number of rotatable bonds is 2. The van der Waals surface area contributed by atoms with Gasteiger partial charge in [-0.25, -0.2) is 0 Å². The van der Waals surface area contributed by atoms with E-state index in [4.69, 9.17) is 12.2 Å². The minimum absolute atomic E-state index is 0.817. The van der Waals surface area contributed by atoms with Gasteiger partial charge in [-0.1, -0.05) is 6.92 Å². The van der Waals surface area contributed by atoms with Crippen LogP contribution in [0.1, 0.15) is 36.3 Å². The molecule has 1 heterocycles. The van der Waals surface area contributed by atoms with Crippen LogP contribution >= 0.6 is 23.6 Å². The first kappa shape index (κ1) is 7.50. The molecular weight excluding hydrogens is 174 g/mol. The number of hydrogen-bond donors (Lipinski definition) is 1. The minimum atomic E-state index is 0.817. The second-order valence-corrected chi connectivity index (χ2v) is 4.75. The summed E-state index contributed by atoms with van der Waals surface area (Å²) in [6.07, 6.45) is 3.84. The van der Waals surface area contributed by atoms with Crippen LogP contribution in [0, 0.1) is 3.95 Å². The van der Waals surface area contributed by atoms with Crippen LogP contribution in [0.15, 0.2) is 0 Å². The summed E-state index contributed by atoms with van der Waals surface area (Å²) < 4.78 is 0.948. The van der Waals surface area contributed by atoms with Gasteiger partial charge in [0.15, 0.2) is 3.95 Å². The summed E-state index contributed by atoms with van der Waals surface area (Å²) in [5.74, 6) is 0.817. The van der Waals surface area contributed by atoms with E-state index >= 15 is 0 Å². The third-order valence-electron chi connectivity index (χ3n) is 2.06. The summed E-state index contributed by atoms with van der Waals surface area (Å²) in [5.41, 5.74) is 1.43. The quantitative estimate of drug-likeness (QED) is 0.699. The van der Waals surface area contributed by atoms with Gasteiger partial charge in [-0.3, -0.25) is 0 Å². The van der Waals surface area contributed by atoms with Crippen molar-refractivity contribution >= 4 is 23.6 Å². The molecule has 0 unspecified atom stereocenters. The summed E-state index contributed by atoms with van der Waals surface area (Å²) in [6, 6.07) is 0. The normalized spacial score (nSPS) is 17.2. The van der Waals surface area contributed by atoms with Gasteiger partial charge in [0.1, 0.15) is 0 Å². The lowest BCUT2D eigenvalue weighted by atomic mass is 10.2. The first-order valence-electron chi connectivity index (χ1n) is 4.03. The Morgan fingerprint density at radius 3 is 2.91 bits per heavy atom. The molecule has 60 valence electrons. The van der Waals surface area contributed by atoms with E-state index < -0.39 is 0 Å². The van der Waals surface area contributed by atoms with Crippen molar-refractivity contribution in [3.05, 3.63) is 14.5 Å². The highest BCUT2D eigenvalue weighted by molar-refractivity contribution is 7.73. The number of hydrogen-bond acceptors (Lipinski definition) is 2. The van der Waals surface area contributed by atoms with Gasteiger partial charge in [0.05, 0.1) is 0 Å². The van der Waals surface area contributed by atoms with Crippen molar-refractivity contribution in [2.24, 2.45) is 0 Å². The first-order chi connectivity index (χ1) is 5.31. The summed E-state index contributed by atoms with van der Waals surface area (Å²) in [7, 11) is 0. The molecule has 3 heteroatoms. The van der Waals surface area contributed by atoms with E-state index in [1.54, 1.807) is 11.3 Å². The Morgan fingerprint density at radius 1 is 1.64 bits per heavy atom. The van der Waals surface area contributed by atoms with Crippen LogP contribution in [-0.2, 0) is 6.42 Å². The smallest absolute Gasteiger partial charge is 0.158 e. The zero-order chi connectivity index (χ0) is 7.84. The van der Waals surface area contributed by atoms with Crippen molar-refractivity contribution in [3.63, 3.8) is 0 Å². The molecule has 0 radical (unpaired) electrons. The molecule has 1 saturated carbocycles. The van der Waals surface area contributed by atoms with Crippen LogP contribution in [0.25, 0.3) is 0 Å². The highest BCUT2D eigenvalue weighted by Crippen LogP contribution is 2.42. The zero-order valence-corrected chi connectivity index (χ0v) is 8.15. The third kappa shape index (κ3) is 1.40. The van der Waals surface area contributed by atoms with E-state index in [2.05, 4.69) is 11.9 Å². The van der Waals surface area contributed by atoms with E-state index in [0.29, 0.717) is 0 Å². The Kier molecular flexibility index (Phi) is 1.85. The summed E-state index contributed by atoms with van der Waals surface area (Å²) in [6.45, 7) is 2.19. The third-order valence-corrected chi connectivity index (χ3v) is 3.45. The topological polar surface area (TPSA) is 15.8 Å². The Labute approximate surface area is 75.5 Å². The van der Waals surface area contributed by atoms with E-state index in [-0.39, 0.29) is 0 Å². The second-order valence-electron chi connectivity index (χ2n) is 2.98. The molecule has 0 bridgehead atoms. The Hall–Kier alpha value is -0.150. The summed E-state index contributed by atoms with van der Waals surface area (Å²) in [4.78, 5) is 4.76. The van der Waals surface area contributed by atoms with Crippen LogP contribution in [0.4, 0.5) is 0 Å². The van der Waals surface area contributed by atoms with E-state index in [1.807, 2.05) is 0 Å². The Bertz CT molecular complexity index is 306. The fraction of sp³-hybridized carbons (Fsp3) is 0.625. The van der Waals surface area contributed by atoms with Gasteiger partial charge in [-0.15, -0.1) is 11.3 Å². The maximum Gasteiger partial charge on any atom is 0.158 e. The summed E-state index contributed by atoms with van der Waals surface area (Å²) >= 11 is 6.84. The van der Waals surface area contributed by atoms with Gasteiger partial charge in [-0.05, 0) is 31.5 Å². The number of H-pyrrole nitrogens is 1. The van der Waals surface area contributed by atoms with Crippen LogP contribution in [0.2, 0.25) is 0 Å². The molecule has 11 heavy (non-hydrogen) atoms. The molecule has 1 nitrogen and oxygen atoms in total. The molecule has 1 aromatic heterocycles. The largest absolute Gasteiger partial charge is 0.340 e. The lowest BCUT2D eigenvalue weighted by molar-refractivity contribution is 0.993. The molecule has 1 aliphatic rings. The van der Waals surface area contributed by atoms with Crippen molar-refractivity contribution in [1.29, 1.82) is 0 Å². The SMILES string of the molecule is CCc1sc(=S)[nH]c1C1CC1. The van der Waals surface area contributed by atoms with E-state index in [9.17, 15) is 0 Å². The van der Waals surface area contributed by atoms with Gasteiger partial charge in [0.25, 0.3) is 0 Å². The average molecular weight is 185 g/mol. The lowest BCUT2D eigenvalue weighted by Gasteiger charge is -1.94. The number of aromatic nitrogens is 1. The molecule has 1 aliphatic carbocycles. The first-order valence-corrected chi connectivity index (χ1v) is 5.25. The van der Waals surface area contributed by atoms with Crippen LogP contribution in [-0.4, -0.2) is 4.98 Å². The standard InChI is InChI=1S/C8H11NS2/c1-2-6-7(5-3-4-5)9-8(10)11-6/h5H,2-4H2,1H3,(H,9,10). The lowest BCUT2D eigenvalue weighted by Crippen LogP contribution is -1.84. The van der Waals surface area contributed by atoms with Crippen molar-refractivity contribution < 1.29 is 0 Å². The fourth-order valence-electron chi connectivity index (χ4n) is 1.34. The van der Waals surface area contributed by atoms with Gasteiger partial charge >= 0.3 is 0 Å². The van der Waals surface area contributed by atoms with Gasteiger partial charge in [0.2, 0.25) is 0 Å². The molecule has 0 atom stereocenters. The molecule has 0 amide bonds. The molecule has 1 N–H and O–H groups in total. The predicted octanol–water partition coefficient (Wildman–Crippen LogP) is 3.25. The molecule has 0 aliphatic heterocycles. The monoisotopic (exact) mass is 185 g/mol. The van der Waals surface area contributed by atoms with Gasteiger partial charge in [0, 0.05) is 16.5 Å². The molecule has 2 rings (SSSR count). The van der Waals surface area contributed by atoms with Crippen LogP contribution in [0.5, 0.6) is 0 Å². The molecule has 0 saturated heterocycles. The van der Waals surface area contributed by atoms with Gasteiger partial charge in [-0.2, -0.15) is 0 Å². The van der Waals surface area contributed by atoms with Crippen molar-refractivity contribution in [2.45, 2.75) is 32.1 Å². The maximum absolute atomic E-state index is 5.10. The second kappa shape index (κ2) is 2.72. The highest BCUT2D eigenvalue weighted by atomic mass is 32.1. The molecule has 0 aromatic carbocycles. The maximum atomic E-state index is 5.10. The molecule has 1 fully saturated rings. The molecule has 0 spiro atoms. The van der Waals surface area contributed by atoms with E-state index in [0.717, 1.165) is 16.3 Å². The number of aryl methyl sites for hydroxylation is 1. The Balaban J connectivity index is 2.42. The predicted molar refractivity (Wildman–Crippen MR) is 50.9 cm³/mol. The van der Waals surface area contributed by atoms with Crippen LogP contribution in [0.3, 0.4) is 0 Å². The van der Waals surface area contributed by atoms with Crippen molar-refractivity contribution in [2.75, 3.05) is 0 Å². The Morgan fingerprint density at radius 2 is 2.36 bits per heavy atom. The minimum Gasteiger partial charge on any atom is -0.340 e. The number of nitrogens with one attached hydrogen (secondary N) is 1. The number of thiazole rings is 1. The number of aromatic amines is 1. The zero-order valence-electron chi connectivity index (χ0n) is 6.52. The molecular formula is C8H11NS2.